The number of carbonyl (C=O) groups excluding carboxylic acids is 1. The summed E-state index contributed by atoms with van der Waals surface area (Å²) in [4.78, 5) is 34.5. The molecule has 1 amide bonds. The number of amides is 1. The lowest BCUT2D eigenvalue weighted by atomic mass is 9.84. The molecule has 2 fully saturated rings. The van der Waals surface area contributed by atoms with Crippen LogP contribution in [0.25, 0.3) is 11.0 Å². The first kappa shape index (κ1) is 28.5. The number of piperazine rings is 1. The van der Waals surface area contributed by atoms with E-state index in [-0.39, 0.29) is 5.92 Å². The van der Waals surface area contributed by atoms with Crippen molar-refractivity contribution in [1.29, 1.82) is 0 Å². The number of nitrogens with zero attached hydrogens (tertiary/aromatic N) is 8. The highest BCUT2D eigenvalue weighted by Gasteiger charge is 2.33. The molecule has 5 rings (SSSR count). The first-order valence-corrected chi connectivity index (χ1v) is 15.5. The molecule has 0 N–H and O–H groups in total. The highest BCUT2D eigenvalue weighted by Crippen LogP contribution is 2.30. The van der Waals surface area contributed by atoms with Crippen molar-refractivity contribution >= 4 is 22.8 Å². The summed E-state index contributed by atoms with van der Waals surface area (Å²) in [5.41, 5.74) is 2.92. The van der Waals surface area contributed by atoms with E-state index in [2.05, 4.69) is 62.7 Å². The summed E-state index contributed by atoms with van der Waals surface area (Å²) >= 11 is 0. The molecule has 1 aliphatic carbocycles. The fourth-order valence-electron chi connectivity index (χ4n) is 6.55. The number of aromatic nitrogens is 5. The fourth-order valence-corrected chi connectivity index (χ4v) is 6.55. The van der Waals surface area contributed by atoms with Crippen LogP contribution in [0.1, 0.15) is 77.1 Å². The zero-order chi connectivity index (χ0) is 27.9. The highest BCUT2D eigenvalue weighted by molar-refractivity contribution is 5.87. The van der Waals surface area contributed by atoms with Crippen LogP contribution in [0.4, 0.5) is 5.82 Å². The molecule has 216 valence electrons. The van der Waals surface area contributed by atoms with Crippen LogP contribution in [0.5, 0.6) is 0 Å². The summed E-state index contributed by atoms with van der Waals surface area (Å²) < 4.78 is 1.91. The maximum atomic E-state index is 13.4. The average molecular weight is 547 g/mol. The Morgan fingerprint density at radius 3 is 2.35 bits per heavy atom. The number of carbonyl (C=O) groups is 1. The second-order valence-corrected chi connectivity index (χ2v) is 11.5. The molecular formula is C31H46N8O. The predicted octanol–water partition coefficient (Wildman–Crippen LogP) is 4.55. The zero-order valence-electron chi connectivity index (χ0n) is 24.6. The molecule has 1 saturated heterocycles. The van der Waals surface area contributed by atoms with Gasteiger partial charge in [-0.05, 0) is 70.2 Å². The lowest BCUT2D eigenvalue weighted by Gasteiger charge is -2.40. The van der Waals surface area contributed by atoms with Crippen LogP contribution < -0.4 is 4.90 Å². The molecule has 4 heterocycles. The van der Waals surface area contributed by atoms with Crippen molar-refractivity contribution in [2.24, 2.45) is 5.92 Å². The predicted molar refractivity (Wildman–Crippen MR) is 159 cm³/mol. The van der Waals surface area contributed by atoms with Crippen molar-refractivity contribution < 1.29 is 4.79 Å². The summed E-state index contributed by atoms with van der Waals surface area (Å²) in [5, 5.41) is 5.60. The standard InChI is InChI=1S/C31H46N8O/c1-4-8-25-9-7-10-26(35-25)22-39-30-28(21-34-39)29(32-23-33-30)37-17-19-38(20-18-37)31(40)24-11-13-27(14-12-24)36(15-5-2)16-6-3/h7,9-10,21,23-24,27H,4-6,8,11-20,22H2,1-3H3. The molecule has 0 spiro atoms. The third-order valence-electron chi connectivity index (χ3n) is 8.57. The second-order valence-electron chi connectivity index (χ2n) is 11.5. The number of anilines is 1. The zero-order valence-corrected chi connectivity index (χ0v) is 24.6. The first-order valence-electron chi connectivity index (χ1n) is 15.5. The van der Waals surface area contributed by atoms with Gasteiger partial charge < -0.3 is 14.7 Å². The van der Waals surface area contributed by atoms with Crippen LogP contribution in [-0.4, -0.2) is 85.7 Å². The highest BCUT2D eigenvalue weighted by atomic mass is 16.2. The molecule has 0 atom stereocenters. The molecule has 1 aliphatic heterocycles. The molecule has 0 unspecified atom stereocenters. The topological polar surface area (TPSA) is 83.3 Å². The van der Waals surface area contributed by atoms with Gasteiger partial charge in [0.05, 0.1) is 23.8 Å². The summed E-state index contributed by atoms with van der Waals surface area (Å²) in [6.07, 6.45) is 12.3. The van der Waals surface area contributed by atoms with Crippen LogP contribution in [0.2, 0.25) is 0 Å². The molecule has 9 nitrogen and oxygen atoms in total. The molecule has 0 bridgehead atoms. The number of rotatable bonds is 11. The van der Waals surface area contributed by atoms with Crippen molar-refractivity contribution in [2.75, 3.05) is 44.2 Å². The number of hydrogen-bond donors (Lipinski definition) is 0. The van der Waals surface area contributed by atoms with Gasteiger partial charge in [-0.15, -0.1) is 0 Å². The average Bonchev–Trinajstić information content (AvgIpc) is 3.40. The number of fused-ring (bicyclic) bond motifs is 1. The van der Waals surface area contributed by atoms with Crippen LogP contribution in [0, 0.1) is 5.92 Å². The summed E-state index contributed by atoms with van der Waals surface area (Å²) in [6.45, 7) is 12.7. The SMILES string of the molecule is CCCc1cccc(Cn2ncc3c(N4CCN(C(=O)C5CCC(N(CCC)CCC)CC5)CC4)ncnc32)n1. The van der Waals surface area contributed by atoms with Gasteiger partial charge in [0.1, 0.15) is 12.1 Å². The molecule has 40 heavy (non-hydrogen) atoms. The van der Waals surface area contributed by atoms with Crippen LogP contribution >= 0.6 is 0 Å². The maximum Gasteiger partial charge on any atom is 0.225 e. The number of hydrogen-bond acceptors (Lipinski definition) is 7. The van der Waals surface area contributed by atoms with Crippen LogP contribution in [0.3, 0.4) is 0 Å². The Bertz CT molecular complexity index is 1240. The molecule has 3 aromatic rings. The second kappa shape index (κ2) is 13.5. The first-order chi connectivity index (χ1) is 19.6. The van der Waals surface area contributed by atoms with Gasteiger partial charge in [-0.3, -0.25) is 9.78 Å². The van der Waals surface area contributed by atoms with Crippen molar-refractivity contribution in [3.8, 4) is 0 Å². The molecule has 9 heteroatoms. The van der Waals surface area contributed by atoms with Gasteiger partial charge in [0, 0.05) is 43.8 Å². The number of pyridine rings is 1. The number of aryl methyl sites for hydroxylation is 1. The molecule has 0 aromatic carbocycles. The Hall–Kier alpha value is -3.07. The largest absolute Gasteiger partial charge is 0.352 e. The Morgan fingerprint density at radius 1 is 0.925 bits per heavy atom. The lowest BCUT2D eigenvalue weighted by molar-refractivity contribution is -0.137. The summed E-state index contributed by atoms with van der Waals surface area (Å²) in [5.74, 6) is 1.44. The van der Waals surface area contributed by atoms with E-state index in [0.717, 1.165) is 92.9 Å². The van der Waals surface area contributed by atoms with Crippen LogP contribution in [0.15, 0.2) is 30.7 Å². The quantitative estimate of drug-likeness (QED) is 0.349. The Balaban J connectivity index is 1.18. The van der Waals surface area contributed by atoms with E-state index in [4.69, 9.17) is 4.98 Å². The Labute approximate surface area is 239 Å². The van der Waals surface area contributed by atoms with Gasteiger partial charge in [0.25, 0.3) is 0 Å². The maximum absolute atomic E-state index is 13.4. The minimum absolute atomic E-state index is 0.182. The van der Waals surface area contributed by atoms with Gasteiger partial charge in [-0.1, -0.05) is 33.3 Å². The van der Waals surface area contributed by atoms with E-state index in [1.54, 1.807) is 6.33 Å². The fraction of sp³-hybridized carbons (Fsp3) is 0.645. The van der Waals surface area contributed by atoms with E-state index in [9.17, 15) is 4.79 Å². The smallest absolute Gasteiger partial charge is 0.225 e. The summed E-state index contributed by atoms with van der Waals surface area (Å²) in [6, 6.07) is 6.85. The van der Waals surface area contributed by atoms with E-state index in [1.165, 1.54) is 25.9 Å². The van der Waals surface area contributed by atoms with E-state index < -0.39 is 0 Å². The van der Waals surface area contributed by atoms with Gasteiger partial charge >= 0.3 is 0 Å². The molecular weight excluding hydrogens is 500 g/mol. The van der Waals surface area contributed by atoms with E-state index >= 15 is 0 Å². The summed E-state index contributed by atoms with van der Waals surface area (Å²) in [7, 11) is 0. The van der Waals surface area contributed by atoms with Gasteiger partial charge in [-0.25, -0.2) is 14.6 Å². The van der Waals surface area contributed by atoms with Gasteiger partial charge in [0.2, 0.25) is 5.91 Å². The Morgan fingerprint density at radius 2 is 1.65 bits per heavy atom. The third-order valence-corrected chi connectivity index (χ3v) is 8.57. The third kappa shape index (κ3) is 6.45. The van der Waals surface area contributed by atoms with Crippen molar-refractivity contribution in [3.05, 3.63) is 42.1 Å². The minimum atomic E-state index is 0.182. The van der Waals surface area contributed by atoms with Crippen LogP contribution in [-0.2, 0) is 17.8 Å². The van der Waals surface area contributed by atoms with Crippen molar-refractivity contribution in [3.63, 3.8) is 0 Å². The molecule has 2 aliphatic rings. The Kier molecular flexibility index (Phi) is 9.62. The van der Waals surface area contributed by atoms with Gasteiger partial charge in [0.15, 0.2) is 5.65 Å². The minimum Gasteiger partial charge on any atom is -0.352 e. The molecule has 3 aromatic heterocycles. The van der Waals surface area contributed by atoms with Crippen molar-refractivity contribution in [1.82, 2.24) is 34.5 Å². The normalized spacial score (nSPS) is 20.0. The lowest BCUT2D eigenvalue weighted by Crippen LogP contribution is -2.51. The van der Waals surface area contributed by atoms with E-state index in [1.807, 2.05) is 16.9 Å². The van der Waals surface area contributed by atoms with Gasteiger partial charge in [-0.2, -0.15) is 5.10 Å². The van der Waals surface area contributed by atoms with E-state index in [0.29, 0.717) is 18.5 Å². The van der Waals surface area contributed by atoms with Crippen molar-refractivity contribution in [2.45, 2.75) is 84.7 Å². The monoisotopic (exact) mass is 546 g/mol. The molecule has 1 saturated carbocycles. The molecule has 0 radical (unpaired) electrons.